The molecule has 0 saturated heterocycles. The number of methoxy groups -OCH3 is 1. The van der Waals surface area contributed by atoms with E-state index in [9.17, 15) is 23.3 Å². The predicted octanol–water partition coefficient (Wildman–Crippen LogP) is 8.47. The van der Waals surface area contributed by atoms with Gasteiger partial charge in [-0.15, -0.1) is 21.5 Å². The molecule has 0 saturated carbocycles. The number of benzene rings is 4. The van der Waals surface area contributed by atoms with E-state index in [1.807, 2.05) is 44.4 Å². The molecule has 2 atom stereocenters. The number of nitriles is 1. The minimum atomic E-state index is -4.00. The fourth-order valence-corrected chi connectivity index (χ4v) is 9.85. The van der Waals surface area contributed by atoms with Gasteiger partial charge in [0.25, 0.3) is 15.9 Å². The van der Waals surface area contributed by atoms with E-state index in [0.29, 0.717) is 56.2 Å². The molecule has 1 aliphatic heterocycles. The summed E-state index contributed by atoms with van der Waals surface area (Å²) in [6.45, 7) is 9.53. The van der Waals surface area contributed by atoms with Gasteiger partial charge in [0.1, 0.15) is 28.8 Å². The zero-order valence-corrected chi connectivity index (χ0v) is 35.5. The first kappa shape index (κ1) is 40.8. The first-order valence-corrected chi connectivity index (χ1v) is 21.5. The third kappa shape index (κ3) is 7.47. The van der Waals surface area contributed by atoms with Crippen LogP contribution in [0, 0.1) is 44.8 Å². The number of hydrogen-bond acceptors (Lipinski definition) is 10. The van der Waals surface area contributed by atoms with Gasteiger partial charge in [0.15, 0.2) is 5.82 Å². The average molecular weight is 855 g/mol. The molecule has 3 aromatic heterocycles. The number of hydrogen-bond donors (Lipinski definition) is 3. The van der Waals surface area contributed by atoms with E-state index < -0.39 is 39.8 Å². The largest absolute Gasteiger partial charge is 0.469 e. The summed E-state index contributed by atoms with van der Waals surface area (Å²) in [6, 6.07) is 22.0. The number of aliphatic imine (C=N–C) groups is 1. The van der Waals surface area contributed by atoms with Crippen LogP contribution >= 0.6 is 11.3 Å². The average Bonchev–Trinajstić information content (AvgIpc) is 3.92. The number of anilines is 1. The monoisotopic (exact) mass is 854 g/mol. The van der Waals surface area contributed by atoms with Crippen molar-refractivity contribution in [2.24, 2.45) is 4.99 Å². The number of H-pyrrole nitrogens is 1. The molecule has 4 heterocycles. The number of rotatable bonds is 10. The van der Waals surface area contributed by atoms with Crippen LogP contribution in [0.15, 0.2) is 94.9 Å². The molecule has 0 unspecified atom stereocenters. The summed E-state index contributed by atoms with van der Waals surface area (Å²) in [5.41, 5.74) is 7.10. The highest BCUT2D eigenvalue weighted by molar-refractivity contribution is 7.92. The lowest BCUT2D eigenvalue weighted by Crippen LogP contribution is -2.26. The van der Waals surface area contributed by atoms with Crippen LogP contribution in [0.25, 0.3) is 27.0 Å². The van der Waals surface area contributed by atoms with Gasteiger partial charge in [-0.1, -0.05) is 48.5 Å². The maximum atomic E-state index is 15.8. The molecule has 16 heteroatoms. The van der Waals surface area contributed by atoms with E-state index in [1.54, 1.807) is 73.0 Å². The van der Waals surface area contributed by atoms with E-state index in [0.717, 1.165) is 32.1 Å². The van der Waals surface area contributed by atoms with E-state index in [4.69, 9.17) is 9.73 Å². The van der Waals surface area contributed by atoms with Crippen molar-refractivity contribution >= 4 is 55.5 Å². The molecule has 0 radical (unpaired) electrons. The fraction of sp³-hybridized carbons (Fsp3) is 0.200. The fourth-order valence-electron chi connectivity index (χ4n) is 7.56. The number of nitrogens with zero attached hydrogens (tertiary/aromatic N) is 5. The number of amides is 1. The Morgan fingerprint density at radius 2 is 1.72 bits per heavy atom. The zero-order chi connectivity index (χ0) is 43.3. The number of ether oxygens (including phenoxy) is 1. The van der Waals surface area contributed by atoms with E-state index in [1.165, 1.54) is 25.3 Å². The number of halogens is 1. The number of carbonyl (C=O) groups excluding carboxylic acids is 2. The van der Waals surface area contributed by atoms with Crippen LogP contribution in [0.1, 0.15) is 85.7 Å². The van der Waals surface area contributed by atoms with Crippen LogP contribution in [-0.2, 0) is 19.6 Å². The quantitative estimate of drug-likeness (QED) is 0.114. The summed E-state index contributed by atoms with van der Waals surface area (Å²) < 4.78 is 52.0. The van der Waals surface area contributed by atoms with Crippen molar-refractivity contribution < 1.29 is 27.1 Å². The molecule has 0 spiro atoms. The normalized spacial score (nSPS) is 14.0. The Balaban J connectivity index is 0.980. The van der Waals surface area contributed by atoms with Crippen molar-refractivity contribution in [1.29, 1.82) is 5.26 Å². The highest BCUT2D eigenvalue weighted by Gasteiger charge is 2.33. The molecule has 0 aliphatic carbocycles. The van der Waals surface area contributed by atoms with Crippen molar-refractivity contribution in [3.05, 3.63) is 146 Å². The van der Waals surface area contributed by atoms with Crippen molar-refractivity contribution in [1.82, 2.24) is 25.1 Å². The molecule has 61 heavy (non-hydrogen) atoms. The highest BCUT2D eigenvalue weighted by Crippen LogP contribution is 2.40. The molecule has 308 valence electrons. The minimum Gasteiger partial charge on any atom is -0.469 e. The van der Waals surface area contributed by atoms with Gasteiger partial charge < -0.3 is 15.0 Å². The second kappa shape index (κ2) is 15.9. The van der Waals surface area contributed by atoms with Crippen LogP contribution in [0.5, 0.6) is 0 Å². The third-order valence-electron chi connectivity index (χ3n) is 11.0. The Kier molecular flexibility index (Phi) is 10.6. The molecule has 8 rings (SSSR count). The van der Waals surface area contributed by atoms with Crippen LogP contribution in [0.2, 0.25) is 0 Å². The number of fused-ring (bicyclic) bond motifs is 4. The van der Waals surface area contributed by atoms with Gasteiger partial charge in [0.2, 0.25) is 0 Å². The smallest absolute Gasteiger partial charge is 0.308 e. The summed E-state index contributed by atoms with van der Waals surface area (Å²) in [6.07, 6.45) is 1.51. The number of aromatic nitrogens is 4. The Bertz CT molecular complexity index is 3090. The molecule has 7 aromatic rings. The van der Waals surface area contributed by atoms with Crippen LogP contribution in [-0.4, -0.2) is 52.9 Å². The van der Waals surface area contributed by atoms with E-state index in [2.05, 4.69) is 31.3 Å². The minimum absolute atomic E-state index is 0.00740. The van der Waals surface area contributed by atoms with Crippen LogP contribution in [0.3, 0.4) is 0 Å². The van der Waals surface area contributed by atoms with Crippen molar-refractivity contribution in [3.63, 3.8) is 0 Å². The van der Waals surface area contributed by atoms with Gasteiger partial charge in [0, 0.05) is 38.7 Å². The maximum Gasteiger partial charge on any atom is 0.308 e. The van der Waals surface area contributed by atoms with Crippen LogP contribution < -0.4 is 10.0 Å². The van der Waals surface area contributed by atoms with E-state index in [-0.39, 0.29) is 16.9 Å². The van der Waals surface area contributed by atoms with Crippen molar-refractivity contribution in [2.45, 2.75) is 58.0 Å². The van der Waals surface area contributed by atoms with E-state index >= 15 is 4.39 Å². The second-order valence-corrected chi connectivity index (χ2v) is 17.7. The SMILES string of the molecule is COC(=O)C[C@@H]1N=C(c2ccc(-c3ccc(C(=O)N[C@H](C)c4ccc(S(=O)(=O)Nc5ccc(C)c6c(C#N)c[nH]c56)cc4)cc3F)cc2)c2c(sc(C)c2C)-n2c(C)nnc21. The number of thiophene rings is 1. The van der Waals surface area contributed by atoms with Gasteiger partial charge in [0.05, 0.1) is 46.9 Å². The summed E-state index contributed by atoms with van der Waals surface area (Å²) >= 11 is 1.60. The van der Waals surface area contributed by atoms with Gasteiger partial charge in [-0.05, 0) is 87.2 Å². The number of carbonyl (C=O) groups is 2. The van der Waals surface area contributed by atoms with Gasteiger partial charge in [-0.3, -0.25) is 23.9 Å². The summed E-state index contributed by atoms with van der Waals surface area (Å²) in [5.74, 6) is -0.304. The first-order chi connectivity index (χ1) is 29.2. The van der Waals surface area contributed by atoms with Gasteiger partial charge in [-0.2, -0.15) is 5.26 Å². The molecule has 1 aliphatic rings. The lowest BCUT2D eigenvalue weighted by Gasteiger charge is -2.16. The topological polar surface area (TPSA) is 184 Å². The molecule has 4 aromatic carbocycles. The third-order valence-corrected chi connectivity index (χ3v) is 13.5. The summed E-state index contributed by atoms with van der Waals surface area (Å²) in [7, 11) is -2.67. The highest BCUT2D eigenvalue weighted by atomic mass is 32.2. The van der Waals surface area contributed by atoms with Crippen LogP contribution in [0.4, 0.5) is 10.1 Å². The Morgan fingerprint density at radius 3 is 2.41 bits per heavy atom. The van der Waals surface area contributed by atoms with Gasteiger partial charge >= 0.3 is 5.97 Å². The zero-order valence-electron chi connectivity index (χ0n) is 33.9. The standard InChI is InChI=1S/C45H39FN8O5S2/c1-23-7-18-36(42-39(23)32(21-47)22-48-42)53-61(57,58)33-15-12-28(13-16-33)25(3)49-44(56)31-14-17-34(35(46)19-31)29-8-10-30(11-9-29)41-40-24(2)26(4)60-45(40)54-27(5)51-52-43(54)37(50-41)20-38(55)59-6/h7-19,22,25,37,48,53H,20H2,1-6H3,(H,49,56)/t25-,37+/m1/s1. The Morgan fingerprint density at radius 1 is 1.00 bits per heavy atom. The molecule has 0 bridgehead atoms. The lowest BCUT2D eigenvalue weighted by molar-refractivity contribution is -0.141. The molecular weight excluding hydrogens is 816 g/mol. The number of esters is 1. The first-order valence-electron chi connectivity index (χ1n) is 19.2. The van der Waals surface area contributed by atoms with Crippen molar-refractivity contribution in [3.8, 4) is 22.2 Å². The number of sulfonamides is 1. The predicted molar refractivity (Wildman–Crippen MR) is 231 cm³/mol. The number of nitrogens with one attached hydrogen (secondary N) is 3. The molecule has 1 amide bonds. The summed E-state index contributed by atoms with van der Waals surface area (Å²) in [4.78, 5) is 35.0. The Hall–Kier alpha value is -6.96. The van der Waals surface area contributed by atoms with Gasteiger partial charge in [-0.25, -0.2) is 12.8 Å². The molecule has 3 N–H and O–H groups in total. The second-order valence-electron chi connectivity index (χ2n) is 14.8. The Labute approximate surface area is 355 Å². The molecule has 13 nitrogen and oxygen atoms in total. The lowest BCUT2D eigenvalue weighted by atomic mass is 9.96. The molecule has 0 fully saturated rings. The molecular formula is C45H39FN8O5S2. The number of aromatic amines is 1. The number of aryl methyl sites for hydroxylation is 3. The van der Waals surface area contributed by atoms with Crippen molar-refractivity contribution in [2.75, 3.05) is 11.8 Å². The maximum absolute atomic E-state index is 15.8. The summed E-state index contributed by atoms with van der Waals surface area (Å²) in [5, 5.41) is 22.6.